The summed E-state index contributed by atoms with van der Waals surface area (Å²) in [5.74, 6) is 0.797. The molecule has 4 nitrogen and oxygen atoms in total. The Labute approximate surface area is 242 Å². The molecular weight excluding hydrogens is 679 g/mol. The number of rotatable bonds is 1. The van der Waals surface area contributed by atoms with Gasteiger partial charge in [0, 0.05) is 0 Å². The fourth-order valence-corrected chi connectivity index (χ4v) is 3.21. The number of hydrogen-bond donors (Lipinski definition) is 4. The van der Waals surface area contributed by atoms with E-state index in [1.54, 1.807) is 12.1 Å². The zero-order chi connectivity index (χ0) is 29.8. The van der Waals surface area contributed by atoms with Crippen LogP contribution in [0.4, 0.5) is 0 Å². The van der Waals surface area contributed by atoms with Gasteiger partial charge in [0.15, 0.2) is 0 Å². The molecule has 2 aromatic carbocycles. The first-order valence-corrected chi connectivity index (χ1v) is 19.6. The van der Waals surface area contributed by atoms with Gasteiger partial charge in [-0.3, -0.25) is 0 Å². The van der Waals surface area contributed by atoms with Crippen molar-refractivity contribution in [2.75, 3.05) is 13.2 Å². The van der Waals surface area contributed by atoms with E-state index in [4.69, 9.17) is 29.0 Å². The van der Waals surface area contributed by atoms with Crippen molar-refractivity contribution in [2.45, 2.75) is 105 Å². The first-order chi connectivity index (χ1) is 16.6. The van der Waals surface area contributed by atoms with E-state index in [9.17, 15) is 10.2 Å². The molecule has 0 fully saturated rings. The number of aliphatic hydroxyl groups excluding tert-OH is 2. The van der Waals surface area contributed by atoms with Crippen LogP contribution in [0.25, 0.3) is 0 Å². The second-order valence-electron chi connectivity index (χ2n) is 13.0. The quantitative estimate of drug-likeness (QED) is 0.238. The van der Waals surface area contributed by atoms with Crippen LogP contribution in [0.5, 0.6) is 11.5 Å². The van der Waals surface area contributed by atoms with Crippen LogP contribution in [0.2, 0.25) is 0 Å². The van der Waals surface area contributed by atoms with Gasteiger partial charge in [-0.05, 0) is 56.0 Å². The zero-order valence-electron chi connectivity index (χ0n) is 24.8. The van der Waals surface area contributed by atoms with Crippen LogP contribution in [0.3, 0.4) is 0 Å². The van der Waals surface area contributed by atoms with Gasteiger partial charge in [0.25, 0.3) is 0 Å². The maximum absolute atomic E-state index is 9.84. The molecule has 2 rings (SSSR count). The van der Waals surface area contributed by atoms with E-state index in [0.717, 1.165) is 11.1 Å². The summed E-state index contributed by atoms with van der Waals surface area (Å²) >= 11 is -0.806. The number of aliphatic hydroxyl groups is 2. The number of halogens is 2. The second kappa shape index (κ2) is 16.4. The summed E-state index contributed by atoms with van der Waals surface area (Å²) in [7, 11) is 9.86. The Morgan fingerprint density at radius 1 is 0.541 bits per heavy atom. The molecule has 0 saturated heterocycles. The molecule has 0 aliphatic carbocycles. The van der Waals surface area contributed by atoms with Crippen molar-refractivity contribution in [3.05, 3.63) is 58.7 Å². The summed E-state index contributed by atoms with van der Waals surface area (Å²) in [5.41, 5.74) is 4.83. The molecular formula is C30H50Cl2O4W. The Morgan fingerprint density at radius 3 is 0.946 bits per heavy atom. The van der Waals surface area contributed by atoms with Gasteiger partial charge in [0.2, 0.25) is 0 Å². The predicted molar refractivity (Wildman–Crippen MR) is 157 cm³/mol. The van der Waals surface area contributed by atoms with Crippen LogP contribution in [0.1, 0.15) is 105 Å². The molecule has 37 heavy (non-hydrogen) atoms. The summed E-state index contributed by atoms with van der Waals surface area (Å²) in [6.07, 6.45) is 0. The molecule has 2 aromatic rings. The fourth-order valence-electron chi connectivity index (χ4n) is 3.21. The Balaban J connectivity index is 0. The SMILES string of the molecule is CC(C)(C)c1ccc(O)c(C(C)(C)C)c1.CC(C)(C)c1ccc(O)c(C(C)(C)C)c1.OCCO.[Cl][W][Cl]. The second-order valence-corrected chi connectivity index (χ2v) is 17.2. The molecule has 0 atom stereocenters. The molecule has 0 aliphatic heterocycles. The maximum atomic E-state index is 9.84. The molecule has 4 N–H and O–H groups in total. The van der Waals surface area contributed by atoms with Gasteiger partial charge in [-0.15, -0.1) is 0 Å². The van der Waals surface area contributed by atoms with E-state index in [0.29, 0.717) is 11.5 Å². The van der Waals surface area contributed by atoms with Crippen molar-refractivity contribution in [2.24, 2.45) is 0 Å². The number of benzene rings is 2. The van der Waals surface area contributed by atoms with Gasteiger partial charge in [-0.1, -0.05) is 107 Å². The van der Waals surface area contributed by atoms with E-state index in [-0.39, 0.29) is 34.9 Å². The third kappa shape index (κ3) is 15.4. The van der Waals surface area contributed by atoms with E-state index < -0.39 is 16.5 Å². The topological polar surface area (TPSA) is 80.9 Å². The first kappa shape index (κ1) is 38.4. The Bertz CT molecular complexity index is 844. The summed E-state index contributed by atoms with van der Waals surface area (Å²) in [6.45, 7) is 25.6. The molecule has 0 bridgehead atoms. The zero-order valence-corrected chi connectivity index (χ0v) is 29.3. The third-order valence-electron chi connectivity index (χ3n) is 5.44. The standard InChI is InChI=1S/2C14H22O.C2H6O2.2ClH.W/c2*1-13(2,3)10-7-8-12(15)11(9-10)14(4,5)6;3-1-2-4;;;/h2*7-9,15H,1-6H3;3-4H,1-2H2;2*1H;/q;;;;;+2/p-2. The van der Waals surface area contributed by atoms with E-state index in [1.807, 2.05) is 12.1 Å². The van der Waals surface area contributed by atoms with Crippen LogP contribution in [-0.2, 0) is 38.1 Å². The molecule has 0 aromatic heterocycles. The summed E-state index contributed by atoms with van der Waals surface area (Å²) in [5, 5.41) is 34.9. The fraction of sp³-hybridized carbons (Fsp3) is 0.600. The number of aromatic hydroxyl groups is 2. The number of phenols is 2. The molecule has 214 valence electrons. The van der Waals surface area contributed by atoms with Gasteiger partial charge in [-0.2, -0.15) is 0 Å². The van der Waals surface area contributed by atoms with Crippen LogP contribution >= 0.6 is 18.8 Å². The molecule has 0 amide bonds. The van der Waals surface area contributed by atoms with E-state index in [2.05, 4.69) is 95.2 Å². The molecule has 0 aliphatic rings. The average Bonchev–Trinajstić information content (AvgIpc) is 2.72. The monoisotopic (exact) mass is 728 g/mol. The predicted octanol–water partition coefficient (Wildman–Crippen LogP) is 8.32. The average molecular weight is 729 g/mol. The number of phenolic OH excluding ortho intramolecular Hbond substituents is 2. The Morgan fingerprint density at radius 2 is 0.784 bits per heavy atom. The van der Waals surface area contributed by atoms with Gasteiger partial charge < -0.3 is 20.4 Å². The Hall–Kier alpha value is -0.772. The minimum atomic E-state index is -0.806. The Kier molecular flexibility index (Phi) is 17.0. The van der Waals surface area contributed by atoms with Gasteiger partial charge in [-0.25, -0.2) is 0 Å². The van der Waals surface area contributed by atoms with Gasteiger partial charge in [0.05, 0.1) is 13.2 Å². The van der Waals surface area contributed by atoms with E-state index >= 15 is 0 Å². The third-order valence-corrected chi connectivity index (χ3v) is 5.44. The normalized spacial score (nSPS) is 11.8. The van der Waals surface area contributed by atoms with Crippen molar-refractivity contribution < 1.29 is 36.9 Å². The van der Waals surface area contributed by atoms with Crippen molar-refractivity contribution in [3.63, 3.8) is 0 Å². The summed E-state index contributed by atoms with van der Waals surface area (Å²) < 4.78 is 0. The van der Waals surface area contributed by atoms with Gasteiger partial charge >= 0.3 is 35.3 Å². The van der Waals surface area contributed by atoms with Gasteiger partial charge in [0.1, 0.15) is 11.5 Å². The van der Waals surface area contributed by atoms with Crippen LogP contribution in [0, 0.1) is 0 Å². The van der Waals surface area contributed by atoms with Crippen molar-refractivity contribution in [3.8, 4) is 11.5 Å². The summed E-state index contributed by atoms with van der Waals surface area (Å²) in [6, 6.07) is 11.9. The van der Waals surface area contributed by atoms with Crippen LogP contribution in [0.15, 0.2) is 36.4 Å². The first-order valence-electron chi connectivity index (χ1n) is 12.4. The number of hydrogen-bond acceptors (Lipinski definition) is 4. The molecule has 0 saturated carbocycles. The van der Waals surface area contributed by atoms with Crippen molar-refractivity contribution in [1.29, 1.82) is 0 Å². The van der Waals surface area contributed by atoms with Crippen molar-refractivity contribution in [1.82, 2.24) is 0 Å². The van der Waals surface area contributed by atoms with Crippen LogP contribution in [-0.4, -0.2) is 33.6 Å². The molecule has 7 heteroatoms. The summed E-state index contributed by atoms with van der Waals surface area (Å²) in [4.78, 5) is 0. The van der Waals surface area contributed by atoms with E-state index in [1.165, 1.54) is 11.1 Å². The molecule has 0 radical (unpaired) electrons. The minimum absolute atomic E-state index is 0.00859. The molecule has 0 unspecified atom stereocenters. The molecule has 0 heterocycles. The van der Waals surface area contributed by atoms with Crippen molar-refractivity contribution >= 4 is 18.8 Å². The van der Waals surface area contributed by atoms with Crippen LogP contribution < -0.4 is 0 Å². The molecule has 0 spiro atoms.